The summed E-state index contributed by atoms with van der Waals surface area (Å²) in [5.74, 6) is -0.270. The molecule has 2 aromatic carbocycles. The normalized spacial score (nSPS) is 11.7. The first-order valence-electron chi connectivity index (χ1n) is 5.99. The number of carbonyl (C=O) groups excluding carboxylic acids is 1. The lowest BCUT2D eigenvalue weighted by atomic mass is 10.1. The van der Waals surface area contributed by atoms with Gasteiger partial charge in [-0.15, -0.1) is 0 Å². The van der Waals surface area contributed by atoms with Gasteiger partial charge in [-0.1, -0.05) is 66.7 Å². The number of allylic oxidation sites excluding steroid dienone is 2. The zero-order valence-electron chi connectivity index (χ0n) is 10.4. The van der Waals surface area contributed by atoms with Crippen LogP contribution < -0.4 is 0 Å². The summed E-state index contributed by atoms with van der Waals surface area (Å²) in [5.41, 5.74) is 1.58. The standard InChI is InChI=1S/C17H14O2/c18-16(12-11-14-7-3-1-4-8-14)13-17(19)15-9-5-2-6-10-15/h1-13,19H/b12-11+,17-13-. The van der Waals surface area contributed by atoms with Crippen LogP contribution in [0, 0.1) is 0 Å². The minimum atomic E-state index is -0.245. The van der Waals surface area contributed by atoms with Crippen LogP contribution in [0.4, 0.5) is 0 Å². The van der Waals surface area contributed by atoms with Crippen molar-refractivity contribution in [3.8, 4) is 0 Å². The molecule has 0 saturated heterocycles. The molecule has 0 aromatic heterocycles. The van der Waals surface area contributed by atoms with Gasteiger partial charge in [0, 0.05) is 11.6 Å². The van der Waals surface area contributed by atoms with Gasteiger partial charge in [-0.05, 0) is 11.6 Å². The van der Waals surface area contributed by atoms with Crippen molar-refractivity contribution >= 4 is 17.6 Å². The predicted octanol–water partition coefficient (Wildman–Crippen LogP) is 3.87. The second kappa shape index (κ2) is 6.36. The minimum absolute atomic E-state index is 0.0247. The molecule has 1 N–H and O–H groups in total. The number of aliphatic hydroxyl groups is 1. The average Bonchev–Trinajstić information content (AvgIpc) is 2.47. The van der Waals surface area contributed by atoms with E-state index in [0.717, 1.165) is 5.56 Å². The van der Waals surface area contributed by atoms with Crippen molar-refractivity contribution in [1.29, 1.82) is 0 Å². The van der Waals surface area contributed by atoms with Crippen molar-refractivity contribution in [2.45, 2.75) is 0 Å². The molecule has 2 aromatic rings. The zero-order valence-corrected chi connectivity index (χ0v) is 10.4. The molecule has 0 bridgehead atoms. The lowest BCUT2D eigenvalue weighted by Crippen LogP contribution is -1.90. The molecule has 0 saturated carbocycles. The Bertz CT molecular complexity index is 596. The fourth-order valence-corrected chi connectivity index (χ4v) is 1.62. The topological polar surface area (TPSA) is 37.3 Å². The van der Waals surface area contributed by atoms with E-state index < -0.39 is 0 Å². The largest absolute Gasteiger partial charge is 0.507 e. The van der Waals surface area contributed by atoms with Crippen LogP contribution in [0.3, 0.4) is 0 Å². The number of rotatable bonds is 4. The monoisotopic (exact) mass is 250 g/mol. The summed E-state index contributed by atoms with van der Waals surface area (Å²) < 4.78 is 0. The lowest BCUT2D eigenvalue weighted by Gasteiger charge is -1.97. The van der Waals surface area contributed by atoms with Crippen molar-refractivity contribution in [1.82, 2.24) is 0 Å². The van der Waals surface area contributed by atoms with Crippen molar-refractivity contribution in [3.63, 3.8) is 0 Å². The van der Waals surface area contributed by atoms with Gasteiger partial charge in [-0.3, -0.25) is 4.79 Å². The maximum atomic E-state index is 11.7. The van der Waals surface area contributed by atoms with Crippen LogP contribution in [0.25, 0.3) is 11.8 Å². The molecule has 0 aliphatic heterocycles. The van der Waals surface area contributed by atoms with Gasteiger partial charge < -0.3 is 5.11 Å². The summed E-state index contributed by atoms with van der Waals surface area (Å²) in [7, 11) is 0. The van der Waals surface area contributed by atoms with Gasteiger partial charge >= 0.3 is 0 Å². The molecule has 0 radical (unpaired) electrons. The Morgan fingerprint density at radius 3 is 2.11 bits per heavy atom. The molecule has 19 heavy (non-hydrogen) atoms. The maximum Gasteiger partial charge on any atom is 0.182 e. The highest BCUT2D eigenvalue weighted by molar-refractivity contribution is 6.05. The smallest absolute Gasteiger partial charge is 0.182 e. The van der Waals surface area contributed by atoms with Crippen LogP contribution in [0.15, 0.2) is 72.8 Å². The van der Waals surface area contributed by atoms with E-state index in [0.29, 0.717) is 5.56 Å². The molecule has 0 heterocycles. The molecule has 0 atom stereocenters. The van der Waals surface area contributed by atoms with Crippen LogP contribution in [-0.2, 0) is 4.79 Å². The minimum Gasteiger partial charge on any atom is -0.507 e. The average molecular weight is 250 g/mol. The number of hydrogen-bond acceptors (Lipinski definition) is 2. The third kappa shape index (κ3) is 3.96. The Balaban J connectivity index is 2.07. The summed E-state index contributed by atoms with van der Waals surface area (Å²) >= 11 is 0. The molecule has 2 heteroatoms. The van der Waals surface area contributed by atoms with Crippen LogP contribution >= 0.6 is 0 Å². The fourth-order valence-electron chi connectivity index (χ4n) is 1.62. The molecular formula is C17H14O2. The van der Waals surface area contributed by atoms with Gasteiger partial charge in [-0.2, -0.15) is 0 Å². The SMILES string of the molecule is O=C(/C=C(\O)c1ccccc1)/C=C/c1ccccc1. The molecule has 0 amide bonds. The van der Waals surface area contributed by atoms with E-state index in [4.69, 9.17) is 0 Å². The second-order valence-corrected chi connectivity index (χ2v) is 4.04. The summed E-state index contributed by atoms with van der Waals surface area (Å²) in [6, 6.07) is 18.5. The quantitative estimate of drug-likeness (QED) is 0.660. The highest BCUT2D eigenvalue weighted by Gasteiger charge is 1.99. The van der Waals surface area contributed by atoms with E-state index in [1.807, 2.05) is 48.5 Å². The second-order valence-electron chi connectivity index (χ2n) is 4.04. The van der Waals surface area contributed by atoms with Crippen molar-refractivity contribution in [3.05, 3.63) is 83.9 Å². The molecule has 0 fully saturated rings. The van der Waals surface area contributed by atoms with Crippen LogP contribution in [0.5, 0.6) is 0 Å². The number of carbonyl (C=O) groups is 1. The summed E-state index contributed by atoms with van der Waals surface area (Å²) in [6.07, 6.45) is 4.38. The predicted molar refractivity (Wildman–Crippen MR) is 77.5 cm³/mol. The zero-order chi connectivity index (χ0) is 13.5. The molecule has 0 aliphatic carbocycles. The summed E-state index contributed by atoms with van der Waals surface area (Å²) in [5, 5.41) is 9.79. The van der Waals surface area contributed by atoms with Gasteiger partial charge in [-0.25, -0.2) is 0 Å². The Hall–Kier alpha value is -2.61. The van der Waals surface area contributed by atoms with E-state index >= 15 is 0 Å². The third-order valence-corrected chi connectivity index (χ3v) is 2.59. The summed E-state index contributed by atoms with van der Waals surface area (Å²) in [4.78, 5) is 11.7. The summed E-state index contributed by atoms with van der Waals surface area (Å²) in [6.45, 7) is 0. The van der Waals surface area contributed by atoms with E-state index in [-0.39, 0.29) is 11.5 Å². The first kappa shape index (κ1) is 12.8. The maximum absolute atomic E-state index is 11.7. The lowest BCUT2D eigenvalue weighted by molar-refractivity contribution is -0.110. The Morgan fingerprint density at radius 1 is 0.895 bits per heavy atom. The molecule has 0 spiro atoms. The first-order valence-corrected chi connectivity index (χ1v) is 5.99. The molecule has 94 valence electrons. The molecule has 2 rings (SSSR count). The van der Waals surface area contributed by atoms with E-state index in [1.54, 1.807) is 18.2 Å². The number of aliphatic hydroxyl groups excluding tert-OH is 1. The van der Waals surface area contributed by atoms with Gasteiger partial charge in [0.2, 0.25) is 0 Å². The first-order chi connectivity index (χ1) is 9.25. The van der Waals surface area contributed by atoms with E-state index in [1.165, 1.54) is 12.2 Å². The van der Waals surface area contributed by atoms with Crippen LogP contribution in [0.2, 0.25) is 0 Å². The van der Waals surface area contributed by atoms with Crippen molar-refractivity contribution < 1.29 is 9.90 Å². The van der Waals surface area contributed by atoms with Gasteiger partial charge in [0.05, 0.1) is 0 Å². The number of benzene rings is 2. The fraction of sp³-hybridized carbons (Fsp3) is 0. The number of hydrogen-bond donors (Lipinski definition) is 1. The van der Waals surface area contributed by atoms with Crippen LogP contribution in [0.1, 0.15) is 11.1 Å². The highest BCUT2D eigenvalue weighted by atomic mass is 16.3. The van der Waals surface area contributed by atoms with Crippen LogP contribution in [-0.4, -0.2) is 10.9 Å². The Kier molecular flexibility index (Phi) is 4.29. The Labute approximate surface area is 112 Å². The van der Waals surface area contributed by atoms with E-state index in [9.17, 15) is 9.90 Å². The molecular weight excluding hydrogens is 236 g/mol. The Morgan fingerprint density at radius 2 is 1.47 bits per heavy atom. The molecule has 0 aliphatic rings. The number of ketones is 1. The third-order valence-electron chi connectivity index (χ3n) is 2.59. The van der Waals surface area contributed by atoms with Gasteiger partial charge in [0.15, 0.2) is 5.78 Å². The van der Waals surface area contributed by atoms with Crippen molar-refractivity contribution in [2.24, 2.45) is 0 Å². The van der Waals surface area contributed by atoms with Gasteiger partial charge in [0.25, 0.3) is 0 Å². The van der Waals surface area contributed by atoms with Crippen molar-refractivity contribution in [2.75, 3.05) is 0 Å². The molecule has 0 unspecified atom stereocenters. The van der Waals surface area contributed by atoms with E-state index in [2.05, 4.69) is 0 Å². The van der Waals surface area contributed by atoms with Gasteiger partial charge in [0.1, 0.15) is 5.76 Å². The molecule has 2 nitrogen and oxygen atoms in total. The highest BCUT2D eigenvalue weighted by Crippen LogP contribution is 2.10.